The fourth-order valence-electron chi connectivity index (χ4n) is 1.69. The van der Waals surface area contributed by atoms with Crippen molar-refractivity contribution in [3.63, 3.8) is 0 Å². The van der Waals surface area contributed by atoms with Gasteiger partial charge in [0, 0.05) is 18.3 Å². The van der Waals surface area contributed by atoms with Gasteiger partial charge in [0.05, 0.1) is 6.04 Å². The summed E-state index contributed by atoms with van der Waals surface area (Å²) in [6.45, 7) is 8.02. The van der Waals surface area contributed by atoms with Gasteiger partial charge in [-0.25, -0.2) is 0 Å². The molecule has 1 aromatic rings. The second-order valence-corrected chi connectivity index (χ2v) is 3.64. The molecule has 0 amide bonds. The highest BCUT2D eigenvalue weighted by Gasteiger charge is 2.10. The molecule has 0 aliphatic carbocycles. The van der Waals surface area contributed by atoms with Crippen molar-refractivity contribution >= 4 is 5.97 Å². The SMILES string of the molecule is CC(=O)OCC(C)n1c(C)ccc1C. The van der Waals surface area contributed by atoms with Crippen LogP contribution in [-0.4, -0.2) is 17.1 Å². The lowest BCUT2D eigenvalue weighted by Gasteiger charge is -2.17. The molecule has 0 saturated heterocycles. The lowest BCUT2D eigenvalue weighted by molar-refractivity contribution is -0.141. The van der Waals surface area contributed by atoms with Gasteiger partial charge < -0.3 is 9.30 Å². The zero-order valence-corrected chi connectivity index (χ0v) is 9.20. The van der Waals surface area contributed by atoms with Crippen molar-refractivity contribution in [2.45, 2.75) is 33.7 Å². The van der Waals surface area contributed by atoms with Crippen molar-refractivity contribution in [3.05, 3.63) is 23.5 Å². The van der Waals surface area contributed by atoms with Gasteiger partial charge in [0.25, 0.3) is 0 Å². The number of hydrogen-bond acceptors (Lipinski definition) is 2. The minimum absolute atomic E-state index is 0.203. The van der Waals surface area contributed by atoms with E-state index in [9.17, 15) is 4.79 Å². The van der Waals surface area contributed by atoms with Crippen molar-refractivity contribution in [3.8, 4) is 0 Å². The molecule has 1 unspecified atom stereocenters. The van der Waals surface area contributed by atoms with Gasteiger partial charge >= 0.3 is 5.97 Å². The zero-order valence-electron chi connectivity index (χ0n) is 9.20. The molecule has 1 aromatic heterocycles. The highest BCUT2D eigenvalue weighted by atomic mass is 16.5. The molecule has 0 radical (unpaired) electrons. The van der Waals surface area contributed by atoms with Gasteiger partial charge in [-0.3, -0.25) is 4.79 Å². The van der Waals surface area contributed by atoms with E-state index in [-0.39, 0.29) is 12.0 Å². The predicted molar refractivity (Wildman–Crippen MR) is 55.3 cm³/mol. The van der Waals surface area contributed by atoms with Crippen LogP contribution in [0.4, 0.5) is 0 Å². The summed E-state index contributed by atoms with van der Waals surface area (Å²) in [5.74, 6) is -0.223. The minimum atomic E-state index is -0.223. The number of aromatic nitrogens is 1. The van der Waals surface area contributed by atoms with Crippen LogP contribution >= 0.6 is 0 Å². The van der Waals surface area contributed by atoms with E-state index in [1.165, 1.54) is 18.3 Å². The van der Waals surface area contributed by atoms with Crippen LogP contribution in [-0.2, 0) is 9.53 Å². The van der Waals surface area contributed by atoms with Crippen molar-refractivity contribution in [2.24, 2.45) is 0 Å². The molecule has 0 fully saturated rings. The molecule has 1 rings (SSSR count). The Morgan fingerprint density at radius 1 is 1.43 bits per heavy atom. The van der Waals surface area contributed by atoms with Crippen molar-refractivity contribution in [2.75, 3.05) is 6.61 Å². The number of nitrogens with zero attached hydrogens (tertiary/aromatic N) is 1. The molecule has 0 aromatic carbocycles. The molecule has 0 aliphatic rings. The number of hydrogen-bond donors (Lipinski definition) is 0. The molecule has 3 nitrogen and oxygen atoms in total. The van der Waals surface area contributed by atoms with E-state index >= 15 is 0 Å². The maximum absolute atomic E-state index is 10.7. The lowest BCUT2D eigenvalue weighted by atomic mass is 10.3. The van der Waals surface area contributed by atoms with Crippen LogP contribution in [0.25, 0.3) is 0 Å². The van der Waals surface area contributed by atoms with E-state index in [1.807, 2.05) is 6.92 Å². The Hall–Kier alpha value is -1.25. The first-order valence-electron chi connectivity index (χ1n) is 4.80. The third-order valence-corrected chi connectivity index (χ3v) is 2.29. The molecular formula is C11H17NO2. The molecule has 0 N–H and O–H groups in total. The van der Waals surface area contributed by atoms with Crippen molar-refractivity contribution < 1.29 is 9.53 Å². The first-order chi connectivity index (χ1) is 6.52. The summed E-state index contributed by atoms with van der Waals surface area (Å²) in [6.07, 6.45) is 0. The van der Waals surface area contributed by atoms with Crippen LogP contribution in [0, 0.1) is 13.8 Å². The highest BCUT2D eigenvalue weighted by molar-refractivity contribution is 5.65. The van der Waals surface area contributed by atoms with Crippen LogP contribution in [0.1, 0.15) is 31.3 Å². The average Bonchev–Trinajstić information content (AvgIpc) is 2.42. The lowest BCUT2D eigenvalue weighted by Crippen LogP contribution is -2.16. The van der Waals surface area contributed by atoms with E-state index in [0.717, 1.165) is 0 Å². The van der Waals surface area contributed by atoms with Crippen LogP contribution in [0.2, 0.25) is 0 Å². The maximum atomic E-state index is 10.7. The summed E-state index contributed by atoms with van der Waals surface area (Å²) in [7, 11) is 0. The van der Waals surface area contributed by atoms with E-state index in [0.29, 0.717) is 6.61 Å². The molecular weight excluding hydrogens is 178 g/mol. The van der Waals surface area contributed by atoms with Gasteiger partial charge in [-0.2, -0.15) is 0 Å². The topological polar surface area (TPSA) is 31.2 Å². The number of ether oxygens (including phenoxy) is 1. The third-order valence-electron chi connectivity index (χ3n) is 2.29. The largest absolute Gasteiger partial charge is 0.464 e. The third kappa shape index (κ3) is 2.37. The quantitative estimate of drug-likeness (QED) is 0.692. The van der Waals surface area contributed by atoms with E-state index in [4.69, 9.17) is 4.74 Å². The van der Waals surface area contributed by atoms with Gasteiger partial charge in [0.2, 0.25) is 0 Å². The molecule has 78 valence electrons. The van der Waals surface area contributed by atoms with Gasteiger partial charge in [-0.05, 0) is 32.9 Å². The monoisotopic (exact) mass is 195 g/mol. The number of carbonyl (C=O) groups is 1. The molecule has 0 spiro atoms. The summed E-state index contributed by atoms with van der Waals surface area (Å²) >= 11 is 0. The second-order valence-electron chi connectivity index (χ2n) is 3.64. The highest BCUT2D eigenvalue weighted by Crippen LogP contribution is 2.15. The summed E-state index contributed by atoms with van der Waals surface area (Å²) in [6, 6.07) is 4.34. The standard InChI is InChI=1S/C11H17NO2/c1-8-5-6-9(2)12(8)10(3)7-14-11(4)13/h5-6,10H,7H2,1-4H3. The Morgan fingerprint density at radius 2 is 1.93 bits per heavy atom. The molecule has 1 atom stereocenters. The molecule has 0 saturated carbocycles. The van der Waals surface area contributed by atoms with Gasteiger partial charge in [0.1, 0.15) is 6.61 Å². The minimum Gasteiger partial charge on any atom is -0.464 e. The van der Waals surface area contributed by atoms with Gasteiger partial charge in [0.15, 0.2) is 0 Å². The summed E-state index contributed by atoms with van der Waals surface area (Å²) in [4.78, 5) is 10.7. The van der Waals surface area contributed by atoms with E-state index < -0.39 is 0 Å². The Labute approximate surface area is 84.7 Å². The van der Waals surface area contributed by atoms with Crippen LogP contribution in [0.3, 0.4) is 0 Å². The fraction of sp³-hybridized carbons (Fsp3) is 0.545. The Balaban J connectivity index is 2.69. The van der Waals surface area contributed by atoms with Crippen LogP contribution in [0.5, 0.6) is 0 Å². The first-order valence-corrected chi connectivity index (χ1v) is 4.80. The number of esters is 1. The van der Waals surface area contributed by atoms with Crippen LogP contribution < -0.4 is 0 Å². The summed E-state index contributed by atoms with van der Waals surface area (Å²) in [5, 5.41) is 0. The van der Waals surface area contributed by atoms with Gasteiger partial charge in [-0.15, -0.1) is 0 Å². The first kappa shape index (κ1) is 10.8. The number of carbonyl (C=O) groups excluding carboxylic acids is 1. The van der Waals surface area contributed by atoms with Crippen molar-refractivity contribution in [1.82, 2.24) is 4.57 Å². The molecule has 3 heteroatoms. The van der Waals surface area contributed by atoms with E-state index in [1.54, 1.807) is 0 Å². The Bertz CT molecular complexity index is 309. The molecule has 14 heavy (non-hydrogen) atoms. The fourth-order valence-corrected chi connectivity index (χ4v) is 1.69. The summed E-state index contributed by atoms with van der Waals surface area (Å²) < 4.78 is 7.15. The van der Waals surface area contributed by atoms with Gasteiger partial charge in [-0.1, -0.05) is 0 Å². The normalized spacial score (nSPS) is 12.6. The Morgan fingerprint density at radius 3 is 2.36 bits per heavy atom. The summed E-state index contributed by atoms with van der Waals surface area (Å²) in [5.41, 5.74) is 2.39. The van der Waals surface area contributed by atoms with Crippen LogP contribution in [0.15, 0.2) is 12.1 Å². The van der Waals surface area contributed by atoms with Crippen molar-refractivity contribution in [1.29, 1.82) is 0 Å². The zero-order chi connectivity index (χ0) is 10.7. The number of rotatable bonds is 3. The second kappa shape index (κ2) is 4.31. The molecule has 0 bridgehead atoms. The smallest absolute Gasteiger partial charge is 0.302 e. The maximum Gasteiger partial charge on any atom is 0.302 e. The Kier molecular flexibility index (Phi) is 3.33. The molecule has 1 heterocycles. The average molecular weight is 195 g/mol. The number of aryl methyl sites for hydroxylation is 2. The molecule has 0 aliphatic heterocycles. The van der Waals surface area contributed by atoms with E-state index in [2.05, 4.69) is 30.5 Å². The predicted octanol–water partition coefficient (Wildman–Crippen LogP) is 2.23.